The van der Waals surface area contributed by atoms with E-state index in [0.717, 1.165) is 38.8 Å². The Kier molecular flexibility index (Phi) is 7.53. The molecule has 1 aliphatic carbocycles. The van der Waals surface area contributed by atoms with Gasteiger partial charge in [-0.1, -0.05) is 19.4 Å². The highest BCUT2D eigenvalue weighted by Crippen LogP contribution is 2.41. The van der Waals surface area contributed by atoms with Crippen molar-refractivity contribution in [3.63, 3.8) is 0 Å². The number of benzene rings is 1. The molecule has 5 rings (SSSR count). The Balaban J connectivity index is 1.13. The normalized spacial score (nSPS) is 22.4. The lowest BCUT2D eigenvalue weighted by atomic mass is 9.70. The van der Waals surface area contributed by atoms with Crippen molar-refractivity contribution in [2.45, 2.75) is 57.9 Å². The summed E-state index contributed by atoms with van der Waals surface area (Å²) in [5, 5.41) is 9.47. The lowest BCUT2D eigenvalue weighted by molar-refractivity contribution is 0.0557. The maximum absolute atomic E-state index is 14.8. The minimum absolute atomic E-state index is 0.0211. The number of hydrogen-bond acceptors (Lipinski definition) is 6. The second-order valence-corrected chi connectivity index (χ2v) is 11.1. The molecule has 0 unspecified atom stereocenters. The minimum atomic E-state index is -0.584. The second kappa shape index (κ2) is 10.8. The van der Waals surface area contributed by atoms with Crippen molar-refractivity contribution in [1.82, 2.24) is 19.8 Å². The van der Waals surface area contributed by atoms with Crippen LogP contribution in [0.15, 0.2) is 30.6 Å². The second-order valence-electron chi connectivity index (χ2n) is 11.1. The zero-order valence-electron chi connectivity index (χ0n) is 21.2. The topological polar surface area (TPSA) is 78.8 Å². The van der Waals surface area contributed by atoms with E-state index in [1.165, 1.54) is 37.9 Å². The molecule has 3 aliphatic rings. The molecule has 1 saturated carbocycles. The number of halogens is 1. The molecule has 2 aromatic rings. The van der Waals surface area contributed by atoms with Gasteiger partial charge in [0, 0.05) is 31.0 Å². The highest BCUT2D eigenvalue weighted by atomic mass is 19.1. The summed E-state index contributed by atoms with van der Waals surface area (Å²) in [6.07, 6.45) is 11.2. The number of aliphatic hydroxyl groups excluding tert-OH is 1. The number of rotatable bonds is 8. The molecule has 8 heteroatoms. The fraction of sp³-hybridized carbons (Fsp3) is 0.607. The highest BCUT2D eigenvalue weighted by Gasteiger charge is 2.34. The molecule has 1 aromatic heterocycles. The van der Waals surface area contributed by atoms with Crippen LogP contribution in [-0.4, -0.2) is 76.2 Å². The van der Waals surface area contributed by atoms with Gasteiger partial charge in [-0.2, -0.15) is 0 Å². The average Bonchev–Trinajstić information content (AvgIpc) is 3.36. The van der Waals surface area contributed by atoms with Gasteiger partial charge in [0.15, 0.2) is 0 Å². The molecule has 1 aromatic carbocycles. The Morgan fingerprint density at radius 3 is 2.50 bits per heavy atom. The Morgan fingerprint density at radius 1 is 1.11 bits per heavy atom. The average molecular weight is 497 g/mol. The van der Waals surface area contributed by atoms with Gasteiger partial charge in [-0.25, -0.2) is 14.4 Å². The van der Waals surface area contributed by atoms with Gasteiger partial charge >= 0.3 is 6.01 Å². The monoisotopic (exact) mass is 496 g/mol. The van der Waals surface area contributed by atoms with Gasteiger partial charge in [0.2, 0.25) is 0 Å². The third-order valence-corrected chi connectivity index (χ3v) is 8.33. The smallest absolute Gasteiger partial charge is 0.316 e. The van der Waals surface area contributed by atoms with Crippen LogP contribution in [0.2, 0.25) is 0 Å². The van der Waals surface area contributed by atoms with Gasteiger partial charge in [0.25, 0.3) is 5.91 Å². The summed E-state index contributed by atoms with van der Waals surface area (Å²) in [6, 6.07) is 4.65. The summed E-state index contributed by atoms with van der Waals surface area (Å²) in [5.74, 6) is -0.448. The van der Waals surface area contributed by atoms with Crippen LogP contribution in [0.3, 0.4) is 0 Å². The molecule has 1 atom stereocenters. The minimum Gasteiger partial charge on any atom is -0.463 e. The van der Waals surface area contributed by atoms with Crippen molar-refractivity contribution in [2.24, 2.45) is 11.3 Å². The van der Waals surface area contributed by atoms with E-state index in [1.807, 2.05) is 0 Å². The molecular formula is C28H37FN4O3. The van der Waals surface area contributed by atoms with Crippen molar-refractivity contribution >= 4 is 5.91 Å². The van der Waals surface area contributed by atoms with Gasteiger partial charge in [-0.3, -0.25) is 4.79 Å². The standard InChI is InChI=1S/C28H37FN4O3/c1-28(9-3-10-28)19-32-12-7-20(8-13-32)18-36-27-30-15-22(16-31-27)21-5-6-24(25(29)14-21)26(35)33-11-2-4-23(33)17-34/h5-6,14-16,20,23,34H,2-4,7-13,17-19H2,1H3/t23-/m1/s1. The molecular weight excluding hydrogens is 459 g/mol. The maximum Gasteiger partial charge on any atom is 0.316 e. The van der Waals surface area contributed by atoms with E-state index in [-0.39, 0.29) is 24.1 Å². The van der Waals surface area contributed by atoms with Crippen LogP contribution in [0, 0.1) is 17.2 Å². The Labute approximate surface area is 212 Å². The number of ether oxygens (including phenoxy) is 1. The zero-order valence-corrected chi connectivity index (χ0v) is 21.2. The molecule has 0 bridgehead atoms. The van der Waals surface area contributed by atoms with E-state index in [4.69, 9.17) is 4.74 Å². The number of piperidine rings is 1. The van der Waals surface area contributed by atoms with Crippen molar-refractivity contribution in [2.75, 3.05) is 39.4 Å². The van der Waals surface area contributed by atoms with E-state index in [0.29, 0.717) is 41.6 Å². The van der Waals surface area contributed by atoms with Crippen LogP contribution >= 0.6 is 0 Å². The van der Waals surface area contributed by atoms with E-state index in [2.05, 4.69) is 21.8 Å². The van der Waals surface area contributed by atoms with Crippen LogP contribution < -0.4 is 4.74 Å². The Morgan fingerprint density at radius 2 is 1.86 bits per heavy atom. The molecule has 2 aliphatic heterocycles. The van der Waals surface area contributed by atoms with E-state index >= 15 is 0 Å². The molecule has 1 amide bonds. The summed E-state index contributed by atoms with van der Waals surface area (Å²) < 4.78 is 20.7. The van der Waals surface area contributed by atoms with Crippen molar-refractivity contribution < 1.29 is 19.0 Å². The van der Waals surface area contributed by atoms with Gasteiger partial charge in [0.1, 0.15) is 5.82 Å². The molecule has 36 heavy (non-hydrogen) atoms. The number of carbonyl (C=O) groups is 1. The lowest BCUT2D eigenvalue weighted by Crippen LogP contribution is -2.44. The van der Waals surface area contributed by atoms with Gasteiger partial charge in [-0.05, 0) is 80.6 Å². The summed E-state index contributed by atoms with van der Waals surface area (Å²) in [5.41, 5.74) is 1.82. The molecule has 0 spiro atoms. The third kappa shape index (κ3) is 5.54. The number of aromatic nitrogens is 2. The number of amides is 1. The fourth-order valence-corrected chi connectivity index (χ4v) is 5.84. The summed E-state index contributed by atoms with van der Waals surface area (Å²) in [4.78, 5) is 25.6. The largest absolute Gasteiger partial charge is 0.463 e. The predicted molar refractivity (Wildman–Crippen MR) is 135 cm³/mol. The third-order valence-electron chi connectivity index (χ3n) is 8.33. The Hall–Kier alpha value is -2.58. The quantitative estimate of drug-likeness (QED) is 0.591. The first-order valence-corrected chi connectivity index (χ1v) is 13.3. The summed E-state index contributed by atoms with van der Waals surface area (Å²) in [7, 11) is 0. The number of likely N-dealkylation sites (tertiary alicyclic amines) is 2. The van der Waals surface area contributed by atoms with Gasteiger partial charge in [-0.15, -0.1) is 0 Å². The van der Waals surface area contributed by atoms with E-state index in [1.54, 1.807) is 23.4 Å². The fourth-order valence-electron chi connectivity index (χ4n) is 5.84. The van der Waals surface area contributed by atoms with E-state index < -0.39 is 5.82 Å². The van der Waals surface area contributed by atoms with Crippen molar-refractivity contribution in [3.8, 4) is 17.1 Å². The first-order valence-electron chi connectivity index (χ1n) is 13.3. The molecule has 0 radical (unpaired) electrons. The van der Waals surface area contributed by atoms with E-state index in [9.17, 15) is 14.3 Å². The van der Waals surface area contributed by atoms with Crippen LogP contribution in [-0.2, 0) is 0 Å². The van der Waals surface area contributed by atoms with Gasteiger partial charge in [0.05, 0.1) is 24.8 Å². The molecule has 194 valence electrons. The maximum atomic E-state index is 14.8. The number of aliphatic hydroxyl groups is 1. The zero-order chi connectivity index (χ0) is 25.1. The SMILES string of the molecule is CC1(CN2CCC(COc3ncc(-c4ccc(C(=O)N5CCC[C@@H]5CO)c(F)c4)cn3)CC2)CCC1. The molecule has 2 saturated heterocycles. The Bertz CT molecular complexity index is 1050. The summed E-state index contributed by atoms with van der Waals surface area (Å²) in [6.45, 7) is 6.95. The molecule has 3 heterocycles. The van der Waals surface area contributed by atoms with Crippen LogP contribution in [0.5, 0.6) is 6.01 Å². The number of nitrogens with zero attached hydrogens (tertiary/aromatic N) is 4. The number of carbonyl (C=O) groups excluding carboxylic acids is 1. The van der Waals surface area contributed by atoms with Crippen molar-refractivity contribution in [1.29, 1.82) is 0 Å². The molecule has 3 fully saturated rings. The predicted octanol–water partition coefficient (Wildman–Crippen LogP) is 4.16. The van der Waals surface area contributed by atoms with Crippen LogP contribution in [0.25, 0.3) is 11.1 Å². The lowest BCUT2D eigenvalue weighted by Gasteiger charge is -2.44. The molecule has 1 N–H and O–H groups in total. The summed E-state index contributed by atoms with van der Waals surface area (Å²) >= 11 is 0. The highest BCUT2D eigenvalue weighted by molar-refractivity contribution is 5.95. The van der Waals surface area contributed by atoms with Crippen molar-refractivity contribution in [3.05, 3.63) is 42.0 Å². The number of hydrogen-bond donors (Lipinski definition) is 1. The first kappa shape index (κ1) is 25.1. The van der Waals surface area contributed by atoms with Crippen LogP contribution in [0.1, 0.15) is 62.2 Å². The van der Waals surface area contributed by atoms with Crippen LogP contribution in [0.4, 0.5) is 4.39 Å². The first-order chi connectivity index (χ1) is 17.4. The molecule has 7 nitrogen and oxygen atoms in total. The van der Waals surface area contributed by atoms with Gasteiger partial charge < -0.3 is 19.6 Å².